The number of carboxylic acid groups (broad SMARTS) is 1. The Bertz CT molecular complexity index is 764. The van der Waals surface area contributed by atoms with Crippen LogP contribution in [0.1, 0.15) is 13.3 Å². The number of benzene rings is 1. The van der Waals surface area contributed by atoms with Crippen LogP contribution in [0.4, 0.5) is 16.2 Å². The number of sulfonamides is 1. The van der Waals surface area contributed by atoms with Gasteiger partial charge in [-0.3, -0.25) is 9.10 Å². The van der Waals surface area contributed by atoms with Gasteiger partial charge in [0.25, 0.3) is 0 Å². The highest BCUT2D eigenvalue weighted by Crippen LogP contribution is 2.31. The minimum atomic E-state index is -3.47. The lowest BCUT2D eigenvalue weighted by Crippen LogP contribution is -2.37. The van der Waals surface area contributed by atoms with Gasteiger partial charge in [0.2, 0.25) is 10.0 Å². The molecule has 0 aliphatic carbocycles. The highest BCUT2D eigenvalue weighted by molar-refractivity contribution is 7.92. The van der Waals surface area contributed by atoms with E-state index in [0.717, 1.165) is 10.6 Å². The molecule has 2 N–H and O–H groups in total. The van der Waals surface area contributed by atoms with Gasteiger partial charge in [-0.05, 0) is 25.5 Å². The van der Waals surface area contributed by atoms with Crippen LogP contribution < -0.4 is 9.62 Å². The number of hydrogen-bond donors (Lipinski definition) is 2. The average Bonchev–Trinajstić information content (AvgIpc) is 2.90. The van der Waals surface area contributed by atoms with E-state index in [1.54, 1.807) is 31.2 Å². The molecule has 0 radical (unpaired) electrons. The van der Waals surface area contributed by atoms with Crippen molar-refractivity contribution in [1.82, 2.24) is 4.90 Å². The molecule has 0 bridgehead atoms. The van der Waals surface area contributed by atoms with Crippen molar-refractivity contribution in [2.24, 2.45) is 5.41 Å². The molecule has 0 spiro atoms. The monoisotopic (exact) mass is 355 g/mol. The molecule has 0 aromatic heterocycles. The zero-order valence-corrected chi connectivity index (χ0v) is 14.6. The summed E-state index contributed by atoms with van der Waals surface area (Å²) in [5.74, 6) is -0.935. The summed E-state index contributed by atoms with van der Waals surface area (Å²) in [6.45, 7) is 2.05. The number of carbonyl (C=O) groups is 2. The van der Waals surface area contributed by atoms with Crippen molar-refractivity contribution in [2.75, 3.05) is 36.0 Å². The highest BCUT2D eigenvalue weighted by atomic mass is 32.2. The third-order valence-electron chi connectivity index (χ3n) is 4.26. The first-order valence-corrected chi connectivity index (χ1v) is 9.22. The van der Waals surface area contributed by atoms with E-state index in [9.17, 15) is 23.1 Å². The molecule has 1 aromatic carbocycles. The molecule has 0 saturated carbocycles. The number of anilines is 2. The van der Waals surface area contributed by atoms with Gasteiger partial charge in [-0.1, -0.05) is 12.1 Å². The molecule has 1 saturated heterocycles. The lowest BCUT2D eigenvalue weighted by atomic mass is 9.90. The molecule has 1 aliphatic rings. The van der Waals surface area contributed by atoms with Gasteiger partial charge < -0.3 is 15.3 Å². The Labute approximate surface area is 141 Å². The molecule has 2 amide bonds. The summed E-state index contributed by atoms with van der Waals surface area (Å²) in [6, 6.07) is 6.09. The number of aliphatic carboxylic acids is 1. The van der Waals surface area contributed by atoms with Crippen LogP contribution in [0.5, 0.6) is 0 Å². The summed E-state index contributed by atoms with van der Waals surface area (Å²) >= 11 is 0. The zero-order chi connectivity index (χ0) is 18.1. The van der Waals surface area contributed by atoms with Gasteiger partial charge in [0.1, 0.15) is 0 Å². The van der Waals surface area contributed by atoms with Gasteiger partial charge in [-0.15, -0.1) is 0 Å². The Morgan fingerprint density at radius 1 is 1.33 bits per heavy atom. The van der Waals surface area contributed by atoms with E-state index in [1.165, 1.54) is 11.9 Å². The first-order chi connectivity index (χ1) is 11.0. The molecule has 1 aromatic rings. The quantitative estimate of drug-likeness (QED) is 0.849. The summed E-state index contributed by atoms with van der Waals surface area (Å²) in [5.41, 5.74) is -0.270. The molecule has 132 valence electrons. The highest BCUT2D eigenvalue weighted by Gasteiger charge is 2.42. The lowest BCUT2D eigenvalue weighted by Gasteiger charge is -2.23. The van der Waals surface area contributed by atoms with E-state index < -0.39 is 27.4 Å². The Morgan fingerprint density at radius 2 is 1.96 bits per heavy atom. The first kappa shape index (κ1) is 18.1. The van der Waals surface area contributed by atoms with Crippen molar-refractivity contribution >= 4 is 33.4 Å². The standard InChI is InChI=1S/C15H21N3O5S/c1-15(13(19)20)8-9-18(10-15)14(21)16-11-6-4-5-7-12(11)17(2)24(3,22)23/h4-7H,8-10H2,1-3H3,(H,16,21)(H,19,20). The molecule has 2 rings (SSSR count). The number of urea groups is 1. The molecule has 1 atom stereocenters. The van der Waals surface area contributed by atoms with E-state index >= 15 is 0 Å². The fourth-order valence-corrected chi connectivity index (χ4v) is 3.05. The Morgan fingerprint density at radius 3 is 2.50 bits per heavy atom. The van der Waals surface area contributed by atoms with Crippen molar-refractivity contribution in [3.05, 3.63) is 24.3 Å². The molecule has 8 nitrogen and oxygen atoms in total. The summed E-state index contributed by atoms with van der Waals surface area (Å²) in [7, 11) is -2.07. The van der Waals surface area contributed by atoms with Crippen LogP contribution >= 0.6 is 0 Å². The molecule has 1 unspecified atom stereocenters. The van der Waals surface area contributed by atoms with Crippen LogP contribution in [0.3, 0.4) is 0 Å². The SMILES string of the molecule is CN(c1ccccc1NC(=O)N1CCC(C)(C(=O)O)C1)S(C)(=O)=O. The van der Waals surface area contributed by atoms with Gasteiger partial charge >= 0.3 is 12.0 Å². The Hall–Kier alpha value is -2.29. The van der Waals surface area contributed by atoms with Gasteiger partial charge in [-0.2, -0.15) is 0 Å². The number of nitrogens with one attached hydrogen (secondary N) is 1. The van der Waals surface area contributed by atoms with Gasteiger partial charge in [0.15, 0.2) is 0 Å². The van der Waals surface area contributed by atoms with Crippen molar-refractivity contribution in [3.8, 4) is 0 Å². The van der Waals surface area contributed by atoms with E-state index in [-0.39, 0.29) is 6.54 Å². The molecular formula is C15H21N3O5S. The number of amides is 2. The summed E-state index contributed by atoms with van der Waals surface area (Å²) < 4.78 is 24.5. The summed E-state index contributed by atoms with van der Waals surface area (Å²) in [5, 5.41) is 11.9. The summed E-state index contributed by atoms with van der Waals surface area (Å²) in [4.78, 5) is 25.1. The second-order valence-corrected chi connectivity index (χ2v) is 8.23. The average molecular weight is 355 g/mol. The minimum absolute atomic E-state index is 0.109. The first-order valence-electron chi connectivity index (χ1n) is 7.37. The fourth-order valence-electron chi connectivity index (χ4n) is 2.54. The number of likely N-dealkylation sites (tertiary alicyclic amines) is 1. The third kappa shape index (κ3) is 3.61. The number of para-hydroxylation sites is 2. The maximum absolute atomic E-state index is 12.4. The maximum atomic E-state index is 12.4. The van der Waals surface area contributed by atoms with Crippen LogP contribution in [0.25, 0.3) is 0 Å². The van der Waals surface area contributed by atoms with Gasteiger partial charge in [-0.25, -0.2) is 13.2 Å². The Kier molecular flexibility index (Phi) is 4.75. The molecule has 1 fully saturated rings. The van der Waals surface area contributed by atoms with E-state index in [0.29, 0.717) is 24.3 Å². The fraction of sp³-hybridized carbons (Fsp3) is 0.467. The smallest absolute Gasteiger partial charge is 0.321 e. The van der Waals surface area contributed by atoms with Crippen molar-refractivity contribution in [1.29, 1.82) is 0 Å². The molecule has 24 heavy (non-hydrogen) atoms. The van der Waals surface area contributed by atoms with Gasteiger partial charge in [0.05, 0.1) is 23.0 Å². The van der Waals surface area contributed by atoms with Crippen LogP contribution in [0, 0.1) is 5.41 Å². The van der Waals surface area contributed by atoms with Crippen molar-refractivity contribution in [2.45, 2.75) is 13.3 Å². The number of nitrogens with zero attached hydrogens (tertiary/aromatic N) is 2. The van der Waals surface area contributed by atoms with E-state index in [1.807, 2.05) is 0 Å². The van der Waals surface area contributed by atoms with Crippen LogP contribution in [0.2, 0.25) is 0 Å². The number of carbonyl (C=O) groups excluding carboxylic acids is 1. The van der Waals surface area contributed by atoms with Crippen molar-refractivity contribution < 1.29 is 23.1 Å². The van der Waals surface area contributed by atoms with Gasteiger partial charge in [0, 0.05) is 20.1 Å². The van der Waals surface area contributed by atoms with Crippen LogP contribution in [-0.2, 0) is 14.8 Å². The normalized spacial score (nSPS) is 20.7. The molecule has 9 heteroatoms. The predicted molar refractivity (Wildman–Crippen MR) is 90.6 cm³/mol. The molecule has 1 aliphatic heterocycles. The number of rotatable bonds is 4. The predicted octanol–water partition coefficient (Wildman–Crippen LogP) is 1.41. The van der Waals surface area contributed by atoms with Crippen molar-refractivity contribution in [3.63, 3.8) is 0 Å². The number of hydrogen-bond acceptors (Lipinski definition) is 4. The topological polar surface area (TPSA) is 107 Å². The molecule has 1 heterocycles. The lowest BCUT2D eigenvalue weighted by molar-refractivity contribution is -0.146. The van der Waals surface area contributed by atoms with Crippen LogP contribution in [0.15, 0.2) is 24.3 Å². The summed E-state index contributed by atoms with van der Waals surface area (Å²) in [6.07, 6.45) is 1.45. The second-order valence-electron chi connectivity index (χ2n) is 6.22. The largest absolute Gasteiger partial charge is 0.481 e. The number of carboxylic acids is 1. The van der Waals surface area contributed by atoms with Crippen LogP contribution in [-0.4, -0.2) is 56.8 Å². The maximum Gasteiger partial charge on any atom is 0.321 e. The molecular weight excluding hydrogens is 334 g/mol. The second kappa shape index (κ2) is 6.31. The minimum Gasteiger partial charge on any atom is -0.481 e. The van der Waals surface area contributed by atoms with E-state index in [4.69, 9.17) is 0 Å². The third-order valence-corrected chi connectivity index (χ3v) is 5.45. The zero-order valence-electron chi connectivity index (χ0n) is 13.8. The Balaban J connectivity index is 2.18. The van der Waals surface area contributed by atoms with E-state index in [2.05, 4.69) is 5.32 Å².